The molecule has 0 unspecified atom stereocenters. The van der Waals surface area contributed by atoms with Gasteiger partial charge in [0, 0.05) is 6.20 Å². The highest BCUT2D eigenvalue weighted by Gasteiger charge is 2.20. The van der Waals surface area contributed by atoms with E-state index in [2.05, 4.69) is 4.98 Å². The minimum atomic E-state index is -3.45. The average molecular weight is 228 g/mol. The van der Waals surface area contributed by atoms with E-state index in [1.54, 1.807) is 6.92 Å². The number of pyridine rings is 1. The van der Waals surface area contributed by atoms with Crippen LogP contribution in [0.2, 0.25) is 0 Å². The normalized spacial score (nSPS) is 11.3. The number of amides is 1. The van der Waals surface area contributed by atoms with Crippen molar-refractivity contribution in [3.63, 3.8) is 0 Å². The molecule has 0 bridgehead atoms. The molecule has 0 aliphatic heterocycles. The number of sulfone groups is 1. The number of nitrogens with two attached hydrogens (primary N) is 1. The zero-order valence-corrected chi connectivity index (χ0v) is 9.12. The van der Waals surface area contributed by atoms with Gasteiger partial charge in [0.05, 0.1) is 10.6 Å². The number of hydrogen-bond donors (Lipinski definition) is 1. The van der Waals surface area contributed by atoms with Crippen LogP contribution in [0.5, 0.6) is 0 Å². The van der Waals surface area contributed by atoms with Crippen molar-refractivity contribution in [3.8, 4) is 0 Å². The Morgan fingerprint density at radius 3 is 2.73 bits per heavy atom. The van der Waals surface area contributed by atoms with Gasteiger partial charge < -0.3 is 5.73 Å². The van der Waals surface area contributed by atoms with Crippen LogP contribution in [0.4, 0.5) is 0 Å². The Bertz CT molecular complexity index is 468. The van der Waals surface area contributed by atoms with Crippen molar-refractivity contribution in [2.75, 3.05) is 5.75 Å². The molecular formula is C9H12N2O3S. The van der Waals surface area contributed by atoms with Gasteiger partial charge in [-0.15, -0.1) is 0 Å². The van der Waals surface area contributed by atoms with Crippen LogP contribution in [0, 0.1) is 0 Å². The standard InChI is InChI=1S/C9H12N2O3S/c1-2-6-15(13,14)7-4-3-5-11-8(7)9(10)12/h3-5H,2,6H2,1H3,(H2,10,12). The molecule has 0 saturated carbocycles. The van der Waals surface area contributed by atoms with Crippen LogP contribution in [0.3, 0.4) is 0 Å². The quantitative estimate of drug-likeness (QED) is 0.805. The van der Waals surface area contributed by atoms with Crippen molar-refractivity contribution in [1.82, 2.24) is 4.98 Å². The summed E-state index contributed by atoms with van der Waals surface area (Å²) in [6.45, 7) is 1.75. The fourth-order valence-electron chi connectivity index (χ4n) is 1.21. The van der Waals surface area contributed by atoms with Gasteiger partial charge in [-0.3, -0.25) is 4.79 Å². The molecule has 6 heteroatoms. The highest BCUT2D eigenvalue weighted by molar-refractivity contribution is 7.91. The minimum absolute atomic E-state index is 0.0149. The zero-order valence-electron chi connectivity index (χ0n) is 8.30. The molecule has 1 aromatic rings. The topological polar surface area (TPSA) is 90.1 Å². The van der Waals surface area contributed by atoms with Crippen molar-refractivity contribution in [3.05, 3.63) is 24.0 Å². The van der Waals surface area contributed by atoms with Gasteiger partial charge in [0.15, 0.2) is 9.84 Å². The maximum atomic E-state index is 11.7. The highest BCUT2D eigenvalue weighted by atomic mass is 32.2. The van der Waals surface area contributed by atoms with Crippen molar-refractivity contribution < 1.29 is 13.2 Å². The molecule has 1 rings (SSSR count). The smallest absolute Gasteiger partial charge is 0.268 e. The Kier molecular flexibility index (Phi) is 3.41. The lowest BCUT2D eigenvalue weighted by atomic mass is 10.3. The first-order chi connectivity index (χ1) is 6.99. The molecule has 1 amide bonds. The largest absolute Gasteiger partial charge is 0.364 e. The number of hydrogen-bond acceptors (Lipinski definition) is 4. The van der Waals surface area contributed by atoms with Crippen molar-refractivity contribution in [1.29, 1.82) is 0 Å². The molecule has 0 saturated heterocycles. The molecule has 0 atom stereocenters. The number of rotatable bonds is 4. The first-order valence-corrected chi connectivity index (χ1v) is 6.12. The molecule has 82 valence electrons. The van der Waals surface area contributed by atoms with Gasteiger partial charge in [0.25, 0.3) is 5.91 Å². The summed E-state index contributed by atoms with van der Waals surface area (Å²) in [6, 6.07) is 2.81. The summed E-state index contributed by atoms with van der Waals surface area (Å²) in [4.78, 5) is 14.6. The summed E-state index contributed by atoms with van der Waals surface area (Å²) < 4.78 is 23.4. The minimum Gasteiger partial charge on any atom is -0.364 e. The number of primary amides is 1. The summed E-state index contributed by atoms with van der Waals surface area (Å²) in [7, 11) is -3.45. The number of nitrogens with zero attached hydrogens (tertiary/aromatic N) is 1. The average Bonchev–Trinajstić information content (AvgIpc) is 2.17. The Hall–Kier alpha value is -1.43. The van der Waals surface area contributed by atoms with Gasteiger partial charge in [-0.25, -0.2) is 13.4 Å². The van der Waals surface area contributed by atoms with E-state index in [1.807, 2.05) is 0 Å². The van der Waals surface area contributed by atoms with Gasteiger partial charge >= 0.3 is 0 Å². The van der Waals surface area contributed by atoms with Gasteiger partial charge in [-0.05, 0) is 18.6 Å². The summed E-state index contributed by atoms with van der Waals surface area (Å²) >= 11 is 0. The molecule has 15 heavy (non-hydrogen) atoms. The van der Waals surface area contributed by atoms with E-state index in [0.717, 1.165) is 0 Å². The molecule has 0 aliphatic rings. The monoisotopic (exact) mass is 228 g/mol. The fourth-order valence-corrected chi connectivity index (χ4v) is 2.70. The van der Waals surface area contributed by atoms with E-state index >= 15 is 0 Å². The van der Waals surface area contributed by atoms with Gasteiger partial charge in [0.2, 0.25) is 0 Å². The molecule has 1 heterocycles. The highest BCUT2D eigenvalue weighted by Crippen LogP contribution is 2.14. The maximum Gasteiger partial charge on any atom is 0.268 e. The molecule has 0 aliphatic carbocycles. The van der Waals surface area contributed by atoms with E-state index in [-0.39, 0.29) is 16.3 Å². The van der Waals surface area contributed by atoms with Crippen molar-refractivity contribution in [2.45, 2.75) is 18.2 Å². The van der Waals surface area contributed by atoms with Crippen LogP contribution < -0.4 is 5.73 Å². The lowest BCUT2D eigenvalue weighted by Crippen LogP contribution is -2.19. The predicted molar refractivity (Wildman–Crippen MR) is 55.1 cm³/mol. The lowest BCUT2D eigenvalue weighted by Gasteiger charge is -2.05. The van der Waals surface area contributed by atoms with Crippen LogP contribution in [-0.4, -0.2) is 25.1 Å². The molecule has 5 nitrogen and oxygen atoms in total. The van der Waals surface area contributed by atoms with E-state index in [9.17, 15) is 13.2 Å². The molecule has 2 N–H and O–H groups in total. The zero-order chi connectivity index (χ0) is 11.5. The van der Waals surface area contributed by atoms with Gasteiger partial charge in [-0.2, -0.15) is 0 Å². The number of carbonyl (C=O) groups is 1. The summed E-state index contributed by atoms with van der Waals surface area (Å²) in [6.07, 6.45) is 1.82. The van der Waals surface area contributed by atoms with Crippen molar-refractivity contribution >= 4 is 15.7 Å². The lowest BCUT2D eigenvalue weighted by molar-refractivity contribution is 0.0992. The third-order valence-corrected chi connectivity index (χ3v) is 3.76. The second-order valence-electron chi connectivity index (χ2n) is 3.03. The van der Waals surface area contributed by atoms with Gasteiger partial charge in [0.1, 0.15) is 5.69 Å². The van der Waals surface area contributed by atoms with Crippen LogP contribution in [0.1, 0.15) is 23.8 Å². The fraction of sp³-hybridized carbons (Fsp3) is 0.333. The van der Waals surface area contributed by atoms with E-state index in [1.165, 1.54) is 18.3 Å². The second-order valence-corrected chi connectivity index (χ2v) is 5.11. The van der Waals surface area contributed by atoms with Crippen LogP contribution >= 0.6 is 0 Å². The molecule has 0 aromatic carbocycles. The molecular weight excluding hydrogens is 216 g/mol. The summed E-state index contributed by atoms with van der Waals surface area (Å²) in [5, 5.41) is 0. The van der Waals surface area contributed by atoms with E-state index < -0.39 is 15.7 Å². The first-order valence-electron chi connectivity index (χ1n) is 4.46. The van der Waals surface area contributed by atoms with Gasteiger partial charge in [-0.1, -0.05) is 6.92 Å². The van der Waals surface area contributed by atoms with Crippen LogP contribution in [0.25, 0.3) is 0 Å². The van der Waals surface area contributed by atoms with Crippen LogP contribution in [0.15, 0.2) is 23.2 Å². The Morgan fingerprint density at radius 1 is 1.53 bits per heavy atom. The SMILES string of the molecule is CCCS(=O)(=O)c1cccnc1C(N)=O. The second kappa shape index (κ2) is 4.39. The van der Waals surface area contributed by atoms with E-state index in [0.29, 0.717) is 6.42 Å². The van der Waals surface area contributed by atoms with Crippen molar-refractivity contribution in [2.24, 2.45) is 5.73 Å². The Labute approximate surface area is 88.2 Å². The predicted octanol–water partition coefficient (Wildman–Crippen LogP) is 0.364. The summed E-state index contributed by atoms with van der Waals surface area (Å²) in [5.41, 5.74) is 4.85. The first kappa shape index (κ1) is 11.6. The Balaban J connectivity index is 3.31. The maximum absolute atomic E-state index is 11.7. The molecule has 0 radical (unpaired) electrons. The van der Waals surface area contributed by atoms with Crippen LogP contribution in [-0.2, 0) is 9.84 Å². The third-order valence-electron chi connectivity index (χ3n) is 1.81. The molecule has 1 aromatic heterocycles. The number of carbonyl (C=O) groups excluding carboxylic acids is 1. The summed E-state index contributed by atoms with van der Waals surface area (Å²) in [5.74, 6) is -0.843. The number of aromatic nitrogens is 1. The van der Waals surface area contributed by atoms with E-state index in [4.69, 9.17) is 5.73 Å². The Morgan fingerprint density at radius 2 is 2.20 bits per heavy atom. The molecule has 0 fully saturated rings. The molecule has 0 spiro atoms. The third kappa shape index (κ3) is 2.53.